The number of aliphatic imine (C=N–C) groups is 1. The number of aromatic nitrogens is 1. The van der Waals surface area contributed by atoms with Crippen molar-refractivity contribution in [1.29, 1.82) is 0 Å². The molecule has 2 heterocycles. The van der Waals surface area contributed by atoms with E-state index in [2.05, 4.69) is 11.1 Å². The summed E-state index contributed by atoms with van der Waals surface area (Å²) in [6, 6.07) is 4.04. The predicted molar refractivity (Wildman–Crippen MR) is 116 cm³/mol. The number of hydrogen-bond acceptors (Lipinski definition) is 4. The van der Waals surface area contributed by atoms with Crippen molar-refractivity contribution in [2.75, 3.05) is 13.7 Å². The molecule has 1 aliphatic carbocycles. The van der Waals surface area contributed by atoms with Crippen molar-refractivity contribution < 1.29 is 9.47 Å². The zero-order valence-electron chi connectivity index (χ0n) is 15.7. The summed E-state index contributed by atoms with van der Waals surface area (Å²) in [6.07, 6.45) is 9.61. The van der Waals surface area contributed by atoms with Gasteiger partial charge in [0.05, 0.1) is 23.3 Å². The number of pyridine rings is 1. The third kappa shape index (κ3) is 4.24. The van der Waals surface area contributed by atoms with E-state index in [0.717, 1.165) is 54.1 Å². The summed E-state index contributed by atoms with van der Waals surface area (Å²) >= 11 is 12.6. The molecule has 0 atom stereocenters. The Kier molecular flexibility index (Phi) is 7.08. The highest BCUT2D eigenvalue weighted by molar-refractivity contribution is 6.36. The number of nitrogens with zero attached hydrogens (tertiary/aromatic N) is 2. The molecule has 1 aromatic carbocycles. The Bertz CT molecular complexity index is 860. The van der Waals surface area contributed by atoms with Gasteiger partial charge in [-0.05, 0) is 49.8 Å². The summed E-state index contributed by atoms with van der Waals surface area (Å²) in [7, 11) is 1.69. The molecule has 1 fully saturated rings. The summed E-state index contributed by atoms with van der Waals surface area (Å²) in [5.41, 5.74) is 4.10. The lowest BCUT2D eigenvalue weighted by atomic mass is 9.92. The first-order valence-electron chi connectivity index (χ1n) is 9.35. The summed E-state index contributed by atoms with van der Waals surface area (Å²) in [5, 5.41) is 1.13. The van der Waals surface area contributed by atoms with Crippen molar-refractivity contribution in [2.45, 2.75) is 44.6 Å². The maximum Gasteiger partial charge on any atom is 0.165 e. The minimum atomic E-state index is 0. The molecule has 150 valence electrons. The van der Waals surface area contributed by atoms with E-state index in [4.69, 9.17) is 37.7 Å². The highest BCUT2D eigenvalue weighted by Crippen LogP contribution is 2.39. The largest absolute Gasteiger partial charge is 0.493 e. The first kappa shape index (κ1) is 21.2. The van der Waals surface area contributed by atoms with Gasteiger partial charge in [0.25, 0.3) is 0 Å². The van der Waals surface area contributed by atoms with Crippen LogP contribution in [0.4, 0.5) is 0 Å². The van der Waals surface area contributed by atoms with Crippen molar-refractivity contribution in [3.8, 4) is 11.5 Å². The van der Waals surface area contributed by atoms with Crippen LogP contribution in [-0.2, 0) is 12.8 Å². The van der Waals surface area contributed by atoms with Gasteiger partial charge in [0.2, 0.25) is 0 Å². The third-order valence-electron chi connectivity index (χ3n) is 5.30. The molecule has 0 N–H and O–H groups in total. The van der Waals surface area contributed by atoms with Gasteiger partial charge in [-0.3, -0.25) is 9.98 Å². The first-order valence-corrected chi connectivity index (χ1v) is 10.1. The molecule has 0 unspecified atom stereocenters. The smallest absolute Gasteiger partial charge is 0.165 e. The molecule has 28 heavy (non-hydrogen) atoms. The molecule has 2 aliphatic rings. The molecule has 1 aromatic heterocycles. The molecule has 1 aliphatic heterocycles. The molecule has 0 amide bonds. The average molecular weight is 442 g/mol. The molecule has 4 nitrogen and oxygen atoms in total. The molecule has 0 spiro atoms. The lowest BCUT2D eigenvalue weighted by Crippen LogP contribution is -2.19. The summed E-state index contributed by atoms with van der Waals surface area (Å²) in [6.45, 7) is 0.719. The number of halogens is 3. The number of ether oxygens (including phenoxy) is 2. The second-order valence-corrected chi connectivity index (χ2v) is 7.80. The minimum Gasteiger partial charge on any atom is -0.493 e. The van der Waals surface area contributed by atoms with Crippen molar-refractivity contribution in [3.05, 3.63) is 51.3 Å². The Morgan fingerprint density at radius 3 is 2.50 bits per heavy atom. The van der Waals surface area contributed by atoms with Gasteiger partial charge in [-0.15, -0.1) is 12.4 Å². The van der Waals surface area contributed by atoms with E-state index < -0.39 is 0 Å². The van der Waals surface area contributed by atoms with Crippen LogP contribution in [0, 0.1) is 0 Å². The van der Waals surface area contributed by atoms with E-state index in [-0.39, 0.29) is 18.5 Å². The van der Waals surface area contributed by atoms with Gasteiger partial charge in [-0.1, -0.05) is 23.2 Å². The molecule has 0 radical (unpaired) electrons. The summed E-state index contributed by atoms with van der Waals surface area (Å²) in [5.74, 6) is 1.67. The van der Waals surface area contributed by atoms with E-state index in [9.17, 15) is 0 Å². The lowest BCUT2D eigenvalue weighted by molar-refractivity contribution is 0.198. The van der Waals surface area contributed by atoms with E-state index in [0.29, 0.717) is 16.5 Å². The van der Waals surface area contributed by atoms with Gasteiger partial charge in [-0.2, -0.15) is 0 Å². The van der Waals surface area contributed by atoms with Crippen LogP contribution in [-0.4, -0.2) is 30.5 Å². The minimum absolute atomic E-state index is 0. The van der Waals surface area contributed by atoms with Gasteiger partial charge in [0.15, 0.2) is 11.5 Å². The summed E-state index contributed by atoms with van der Waals surface area (Å²) in [4.78, 5) is 8.80. The van der Waals surface area contributed by atoms with Crippen molar-refractivity contribution >= 4 is 41.3 Å². The zero-order valence-corrected chi connectivity index (χ0v) is 18.0. The Labute approximate surface area is 181 Å². The zero-order chi connectivity index (χ0) is 18.8. The second-order valence-electron chi connectivity index (χ2n) is 6.98. The maximum atomic E-state index is 6.40. The fraction of sp³-hybridized carbons (Fsp3) is 0.429. The van der Waals surface area contributed by atoms with Gasteiger partial charge in [0, 0.05) is 42.2 Å². The number of hydrogen-bond donors (Lipinski definition) is 0. The predicted octanol–water partition coefficient (Wildman–Crippen LogP) is 5.73. The van der Waals surface area contributed by atoms with Gasteiger partial charge >= 0.3 is 0 Å². The number of rotatable bonds is 5. The van der Waals surface area contributed by atoms with Crippen molar-refractivity contribution in [2.24, 2.45) is 4.99 Å². The van der Waals surface area contributed by atoms with Crippen LogP contribution in [0.15, 0.2) is 29.5 Å². The Balaban J connectivity index is 0.00000225. The van der Waals surface area contributed by atoms with Crippen LogP contribution in [0.5, 0.6) is 11.5 Å². The highest BCUT2D eigenvalue weighted by Gasteiger charge is 2.26. The van der Waals surface area contributed by atoms with E-state index in [1.54, 1.807) is 19.5 Å². The first-order chi connectivity index (χ1) is 13.2. The fourth-order valence-corrected chi connectivity index (χ4v) is 4.40. The van der Waals surface area contributed by atoms with Crippen LogP contribution in [0.3, 0.4) is 0 Å². The molecule has 0 bridgehead atoms. The van der Waals surface area contributed by atoms with Gasteiger partial charge in [-0.25, -0.2) is 0 Å². The number of methoxy groups -OCH3 is 1. The Morgan fingerprint density at radius 2 is 1.82 bits per heavy atom. The van der Waals surface area contributed by atoms with Crippen molar-refractivity contribution in [1.82, 2.24) is 4.98 Å². The van der Waals surface area contributed by atoms with Crippen LogP contribution in [0.25, 0.3) is 0 Å². The third-order valence-corrected chi connectivity index (χ3v) is 5.95. The molecule has 4 rings (SSSR count). The van der Waals surface area contributed by atoms with E-state index in [1.165, 1.54) is 18.4 Å². The quantitative estimate of drug-likeness (QED) is 0.595. The van der Waals surface area contributed by atoms with Crippen LogP contribution in [0.1, 0.15) is 42.4 Å². The molecular weight excluding hydrogens is 419 g/mol. The Morgan fingerprint density at radius 1 is 1.11 bits per heavy atom. The van der Waals surface area contributed by atoms with E-state index >= 15 is 0 Å². The number of benzene rings is 1. The molecular formula is C21H23Cl3N2O2. The van der Waals surface area contributed by atoms with Crippen LogP contribution in [0.2, 0.25) is 10.0 Å². The van der Waals surface area contributed by atoms with E-state index in [1.807, 2.05) is 6.07 Å². The van der Waals surface area contributed by atoms with Crippen LogP contribution >= 0.6 is 35.6 Å². The Hall–Kier alpha value is -1.49. The maximum absolute atomic E-state index is 6.40. The second kappa shape index (κ2) is 9.34. The SMILES string of the molecule is COc1ccc2c(c1OC1CCCC1)CCN=C2Cc1c(Cl)cncc1Cl.Cl. The van der Waals surface area contributed by atoms with Crippen LogP contribution < -0.4 is 9.47 Å². The monoisotopic (exact) mass is 440 g/mol. The molecule has 0 saturated heterocycles. The fourth-order valence-electron chi connectivity index (χ4n) is 3.90. The summed E-state index contributed by atoms with van der Waals surface area (Å²) < 4.78 is 12.0. The molecule has 2 aromatic rings. The topological polar surface area (TPSA) is 43.7 Å². The average Bonchev–Trinajstić information content (AvgIpc) is 3.18. The standard InChI is InChI=1S/C21H22Cl2N2O2.ClH/c1-26-20-7-6-14-15(21(20)27-13-4-2-3-5-13)8-9-25-19(14)10-16-17(22)11-24-12-18(16)23;/h6-7,11-13H,2-5,8-10H2,1H3;1H. The normalized spacial score (nSPS) is 16.2. The van der Waals surface area contributed by atoms with Gasteiger partial charge < -0.3 is 9.47 Å². The lowest BCUT2D eigenvalue weighted by Gasteiger charge is -2.24. The number of fused-ring (bicyclic) bond motifs is 1. The van der Waals surface area contributed by atoms with Crippen molar-refractivity contribution in [3.63, 3.8) is 0 Å². The highest BCUT2D eigenvalue weighted by atomic mass is 35.5. The van der Waals surface area contributed by atoms with Gasteiger partial charge in [0.1, 0.15) is 0 Å². The molecule has 1 saturated carbocycles. The molecule has 7 heteroatoms.